The minimum Gasteiger partial charge on any atom is -0.461 e. The van der Waals surface area contributed by atoms with Gasteiger partial charge in [-0.2, -0.15) is 9.61 Å². The highest BCUT2D eigenvalue weighted by Gasteiger charge is 2.35. The number of hydrogen-bond donors (Lipinski definition) is 0. The predicted octanol–water partition coefficient (Wildman–Crippen LogP) is 5.66. The van der Waals surface area contributed by atoms with Crippen LogP contribution in [0.3, 0.4) is 0 Å². The van der Waals surface area contributed by atoms with Crippen LogP contribution in [0.25, 0.3) is 5.65 Å². The van der Waals surface area contributed by atoms with E-state index >= 15 is 0 Å². The highest BCUT2D eigenvalue weighted by molar-refractivity contribution is 6.76. The Labute approximate surface area is 272 Å². The standard InChI is InChI=1S/C32H58N4O7Si2/c1-38-15-17-42-31(32(37)43-18-16-39-2)27-11-9-26(10-12-27)28-23-30(36-29(34-28)13-14-33-36)35(24-40-19-21-44(3,4)5)25-41-20-22-45(6,7)8/h13-14,23,26-27,31H,9-12,15-22,24-25H2,1-8H3. The molecule has 45 heavy (non-hydrogen) atoms. The lowest BCUT2D eigenvalue weighted by Crippen LogP contribution is -2.37. The van der Waals surface area contributed by atoms with Crippen molar-refractivity contribution < 1.29 is 33.2 Å². The van der Waals surface area contributed by atoms with E-state index < -0.39 is 22.3 Å². The number of ether oxygens (including phenoxy) is 6. The van der Waals surface area contributed by atoms with Crippen molar-refractivity contribution in [3.63, 3.8) is 0 Å². The molecule has 2 heterocycles. The lowest BCUT2D eigenvalue weighted by molar-refractivity contribution is -0.164. The molecule has 256 valence electrons. The molecule has 1 atom stereocenters. The third-order valence-corrected chi connectivity index (χ3v) is 11.5. The van der Waals surface area contributed by atoms with Crippen molar-refractivity contribution >= 4 is 33.6 Å². The van der Waals surface area contributed by atoms with Gasteiger partial charge >= 0.3 is 5.97 Å². The summed E-state index contributed by atoms with van der Waals surface area (Å²) in [7, 11) is 0.788. The molecule has 1 aliphatic rings. The van der Waals surface area contributed by atoms with Crippen LogP contribution in [0.1, 0.15) is 37.3 Å². The normalized spacial score (nSPS) is 18.3. The van der Waals surface area contributed by atoms with Gasteiger partial charge in [-0.05, 0) is 43.7 Å². The summed E-state index contributed by atoms with van der Waals surface area (Å²) < 4.78 is 36.0. The number of aromatic nitrogens is 3. The van der Waals surface area contributed by atoms with Gasteiger partial charge in [-0.3, -0.25) is 0 Å². The van der Waals surface area contributed by atoms with Crippen LogP contribution in [0.2, 0.25) is 51.4 Å². The number of carbonyl (C=O) groups is 1. The molecule has 0 saturated heterocycles. The summed E-state index contributed by atoms with van der Waals surface area (Å²) in [5.41, 5.74) is 1.84. The Morgan fingerprint density at radius 2 is 1.49 bits per heavy atom. The Kier molecular flexibility index (Phi) is 15.4. The first-order chi connectivity index (χ1) is 21.4. The number of rotatable bonds is 21. The number of nitrogens with zero attached hydrogens (tertiary/aromatic N) is 4. The zero-order valence-corrected chi connectivity index (χ0v) is 31.0. The Hall–Kier alpha value is -1.88. The summed E-state index contributed by atoms with van der Waals surface area (Å²) in [4.78, 5) is 20.1. The first-order valence-electron chi connectivity index (χ1n) is 16.4. The Morgan fingerprint density at radius 1 is 0.889 bits per heavy atom. The second kappa shape index (κ2) is 18.5. The first-order valence-corrected chi connectivity index (χ1v) is 23.8. The van der Waals surface area contributed by atoms with E-state index in [1.807, 2.05) is 10.6 Å². The average molecular weight is 667 g/mol. The summed E-state index contributed by atoms with van der Waals surface area (Å²) >= 11 is 0. The maximum Gasteiger partial charge on any atom is 0.335 e. The fraction of sp³-hybridized carbons (Fsp3) is 0.781. The quantitative estimate of drug-likeness (QED) is 0.0718. The first kappa shape index (κ1) is 37.6. The van der Waals surface area contributed by atoms with Crippen LogP contribution in [0.5, 0.6) is 0 Å². The molecule has 11 nitrogen and oxygen atoms in total. The van der Waals surface area contributed by atoms with Crippen molar-refractivity contribution in [1.29, 1.82) is 0 Å². The fourth-order valence-electron chi connectivity index (χ4n) is 5.31. The second-order valence-corrected chi connectivity index (χ2v) is 25.7. The van der Waals surface area contributed by atoms with Gasteiger partial charge in [0.05, 0.1) is 26.0 Å². The number of hydrogen-bond acceptors (Lipinski definition) is 10. The van der Waals surface area contributed by atoms with Gasteiger partial charge in [-0.25, -0.2) is 9.78 Å². The predicted molar refractivity (Wildman–Crippen MR) is 183 cm³/mol. The number of esters is 1. The zero-order valence-electron chi connectivity index (χ0n) is 29.0. The molecular formula is C32H58N4O7Si2. The summed E-state index contributed by atoms with van der Waals surface area (Å²) in [6, 6.07) is 6.32. The molecule has 2 aromatic rings. The van der Waals surface area contributed by atoms with Crippen molar-refractivity contribution in [2.75, 3.05) is 72.2 Å². The number of fused-ring (bicyclic) bond motifs is 1. The van der Waals surface area contributed by atoms with Crippen LogP contribution in [-0.2, 0) is 33.2 Å². The van der Waals surface area contributed by atoms with Crippen molar-refractivity contribution in [2.45, 2.75) is 89.1 Å². The molecule has 3 rings (SSSR count). The highest BCUT2D eigenvalue weighted by atomic mass is 28.3. The number of methoxy groups -OCH3 is 2. The average Bonchev–Trinajstić information content (AvgIpc) is 3.46. The molecule has 0 amide bonds. The lowest BCUT2D eigenvalue weighted by atomic mass is 9.78. The van der Waals surface area contributed by atoms with Gasteiger partial charge < -0.3 is 33.3 Å². The summed E-state index contributed by atoms with van der Waals surface area (Å²) in [6.07, 6.45) is 4.65. The van der Waals surface area contributed by atoms with E-state index in [0.29, 0.717) is 33.3 Å². The van der Waals surface area contributed by atoms with Crippen LogP contribution >= 0.6 is 0 Å². The van der Waals surface area contributed by atoms with Crippen molar-refractivity contribution in [3.05, 3.63) is 24.0 Å². The molecule has 2 aromatic heterocycles. The summed E-state index contributed by atoms with van der Waals surface area (Å²) in [6.45, 7) is 17.8. The zero-order chi connectivity index (χ0) is 32.9. The molecule has 1 unspecified atom stereocenters. The molecule has 13 heteroatoms. The van der Waals surface area contributed by atoms with Gasteiger partial charge in [0.1, 0.15) is 25.9 Å². The minimum absolute atomic E-state index is 0.0716. The summed E-state index contributed by atoms with van der Waals surface area (Å²) in [5.74, 6) is 0.922. The van der Waals surface area contributed by atoms with Crippen molar-refractivity contribution in [1.82, 2.24) is 14.6 Å². The Morgan fingerprint density at radius 3 is 2.07 bits per heavy atom. The van der Waals surface area contributed by atoms with Crippen LogP contribution in [0.15, 0.2) is 18.3 Å². The Balaban J connectivity index is 1.75. The van der Waals surface area contributed by atoms with E-state index in [0.717, 1.165) is 68.1 Å². The van der Waals surface area contributed by atoms with E-state index in [1.54, 1.807) is 20.4 Å². The molecule has 0 radical (unpaired) electrons. The van der Waals surface area contributed by atoms with Crippen LogP contribution < -0.4 is 4.90 Å². The molecule has 1 fully saturated rings. The molecule has 0 N–H and O–H groups in total. The molecule has 0 spiro atoms. The molecule has 0 bridgehead atoms. The number of anilines is 1. The van der Waals surface area contributed by atoms with Gasteiger partial charge in [0.25, 0.3) is 0 Å². The summed E-state index contributed by atoms with van der Waals surface area (Å²) in [5, 5.41) is 4.61. The molecule has 0 aromatic carbocycles. The van der Waals surface area contributed by atoms with Crippen LogP contribution in [-0.4, -0.2) is 110 Å². The monoisotopic (exact) mass is 666 g/mol. The van der Waals surface area contributed by atoms with Crippen molar-refractivity contribution in [3.8, 4) is 0 Å². The molecule has 1 saturated carbocycles. The molecule has 1 aliphatic carbocycles. The Bertz CT molecular complexity index is 1120. The van der Waals surface area contributed by atoms with Crippen molar-refractivity contribution in [2.24, 2.45) is 5.92 Å². The number of carbonyl (C=O) groups excluding carboxylic acids is 1. The van der Waals surface area contributed by atoms with Gasteiger partial charge in [-0.1, -0.05) is 39.3 Å². The van der Waals surface area contributed by atoms with Gasteiger partial charge in [0.2, 0.25) is 0 Å². The third-order valence-electron chi connectivity index (χ3n) is 8.14. The smallest absolute Gasteiger partial charge is 0.335 e. The largest absolute Gasteiger partial charge is 0.461 e. The van der Waals surface area contributed by atoms with Gasteiger partial charge in [0.15, 0.2) is 11.8 Å². The SMILES string of the molecule is COCCOC(=O)C(OCCOC)C1CCC(c2cc(N(COCC[Si](C)(C)C)COCC[Si](C)(C)C)n3nccc3n2)CC1. The van der Waals surface area contributed by atoms with E-state index in [9.17, 15) is 4.79 Å². The maximum absolute atomic E-state index is 12.9. The fourth-order valence-corrected chi connectivity index (χ4v) is 6.82. The van der Waals surface area contributed by atoms with E-state index in [2.05, 4.69) is 55.3 Å². The third kappa shape index (κ3) is 13.0. The van der Waals surface area contributed by atoms with Gasteiger partial charge in [-0.15, -0.1) is 0 Å². The molecule has 0 aliphatic heterocycles. The minimum atomic E-state index is -1.21. The van der Waals surface area contributed by atoms with Crippen LogP contribution in [0, 0.1) is 5.92 Å². The lowest BCUT2D eigenvalue weighted by Gasteiger charge is -2.33. The highest BCUT2D eigenvalue weighted by Crippen LogP contribution is 2.38. The topological polar surface area (TPSA) is 106 Å². The maximum atomic E-state index is 12.9. The van der Waals surface area contributed by atoms with Crippen LogP contribution in [0.4, 0.5) is 5.82 Å². The van der Waals surface area contributed by atoms with E-state index in [4.69, 9.17) is 33.4 Å². The van der Waals surface area contributed by atoms with E-state index in [-0.39, 0.29) is 24.4 Å². The second-order valence-electron chi connectivity index (χ2n) is 14.4. The molecular weight excluding hydrogens is 609 g/mol. The van der Waals surface area contributed by atoms with Gasteiger partial charge in [0, 0.05) is 67.3 Å². The van der Waals surface area contributed by atoms with E-state index in [1.165, 1.54) is 0 Å².